The van der Waals surface area contributed by atoms with E-state index in [9.17, 15) is 9.59 Å². The predicted octanol–water partition coefficient (Wildman–Crippen LogP) is 1.56. The number of carbonyl (C=O) groups is 2. The highest BCUT2D eigenvalue weighted by Crippen LogP contribution is 2.17. The fourth-order valence-corrected chi connectivity index (χ4v) is 2.57. The van der Waals surface area contributed by atoms with E-state index in [-0.39, 0.29) is 0 Å². The summed E-state index contributed by atoms with van der Waals surface area (Å²) in [7, 11) is 0. The lowest BCUT2D eigenvalue weighted by Gasteiger charge is -2.23. The SMILES string of the molecule is CC(C(=O)OCC1CCOCC1)C(=O)OCC1CCOCC1. The molecule has 0 aromatic carbocycles. The fraction of sp³-hybridized carbons (Fsp3) is 0.875. The highest BCUT2D eigenvalue weighted by Gasteiger charge is 2.27. The summed E-state index contributed by atoms with van der Waals surface area (Å²) in [5, 5.41) is 0. The zero-order chi connectivity index (χ0) is 15.8. The topological polar surface area (TPSA) is 71.1 Å². The van der Waals surface area contributed by atoms with Gasteiger partial charge in [-0.05, 0) is 44.4 Å². The van der Waals surface area contributed by atoms with Crippen molar-refractivity contribution in [3.8, 4) is 0 Å². The predicted molar refractivity (Wildman–Crippen MR) is 78.2 cm³/mol. The maximum Gasteiger partial charge on any atom is 0.320 e. The van der Waals surface area contributed by atoms with Gasteiger partial charge in [-0.25, -0.2) is 0 Å². The van der Waals surface area contributed by atoms with Gasteiger partial charge in [0.15, 0.2) is 5.92 Å². The third-order valence-electron chi connectivity index (χ3n) is 4.31. The fourth-order valence-electron chi connectivity index (χ4n) is 2.57. The summed E-state index contributed by atoms with van der Waals surface area (Å²) in [6.45, 7) is 5.11. The lowest BCUT2D eigenvalue weighted by atomic mass is 10.0. The molecule has 2 aliphatic heterocycles. The Balaban J connectivity index is 1.64. The van der Waals surface area contributed by atoms with Crippen molar-refractivity contribution in [2.24, 2.45) is 17.8 Å². The Bertz CT molecular complexity index is 324. The molecule has 0 amide bonds. The number of hydrogen-bond donors (Lipinski definition) is 0. The molecule has 0 radical (unpaired) electrons. The second-order valence-electron chi connectivity index (χ2n) is 6.09. The molecule has 0 aromatic heterocycles. The molecular weight excluding hydrogens is 288 g/mol. The monoisotopic (exact) mass is 314 g/mol. The Labute approximate surface area is 131 Å². The van der Waals surface area contributed by atoms with E-state index >= 15 is 0 Å². The first kappa shape index (κ1) is 17.2. The second-order valence-corrected chi connectivity index (χ2v) is 6.09. The lowest BCUT2D eigenvalue weighted by Crippen LogP contribution is -2.30. The molecule has 6 nitrogen and oxygen atoms in total. The molecule has 2 rings (SSSR count). The zero-order valence-corrected chi connectivity index (χ0v) is 13.3. The minimum atomic E-state index is -0.861. The molecule has 0 aliphatic carbocycles. The number of ether oxygens (including phenoxy) is 4. The van der Waals surface area contributed by atoms with Crippen LogP contribution in [-0.2, 0) is 28.5 Å². The van der Waals surface area contributed by atoms with E-state index in [0.717, 1.165) is 25.7 Å². The van der Waals surface area contributed by atoms with Gasteiger partial charge in [-0.3, -0.25) is 9.59 Å². The normalized spacial score (nSPS) is 20.8. The van der Waals surface area contributed by atoms with E-state index in [1.807, 2.05) is 0 Å². The molecule has 2 aliphatic rings. The molecule has 0 unspecified atom stereocenters. The summed E-state index contributed by atoms with van der Waals surface area (Å²) < 4.78 is 21.0. The van der Waals surface area contributed by atoms with E-state index in [0.29, 0.717) is 51.5 Å². The van der Waals surface area contributed by atoms with E-state index in [1.165, 1.54) is 0 Å². The summed E-state index contributed by atoms with van der Waals surface area (Å²) in [6, 6.07) is 0. The van der Waals surface area contributed by atoms with Crippen molar-refractivity contribution in [2.45, 2.75) is 32.6 Å². The number of esters is 2. The summed E-state index contributed by atoms with van der Waals surface area (Å²) in [4.78, 5) is 23.8. The van der Waals surface area contributed by atoms with Crippen LogP contribution in [0.5, 0.6) is 0 Å². The maximum absolute atomic E-state index is 11.9. The maximum atomic E-state index is 11.9. The summed E-state index contributed by atoms with van der Waals surface area (Å²) in [5.41, 5.74) is 0. The van der Waals surface area contributed by atoms with Crippen LogP contribution in [0.25, 0.3) is 0 Å². The molecule has 6 heteroatoms. The first-order valence-electron chi connectivity index (χ1n) is 8.15. The van der Waals surface area contributed by atoms with E-state index in [2.05, 4.69) is 0 Å². The van der Waals surface area contributed by atoms with Crippen LogP contribution in [0.1, 0.15) is 32.6 Å². The Morgan fingerprint density at radius 2 is 1.23 bits per heavy atom. The molecule has 2 saturated heterocycles. The van der Waals surface area contributed by atoms with Gasteiger partial charge in [0.2, 0.25) is 0 Å². The van der Waals surface area contributed by atoms with Crippen molar-refractivity contribution in [1.29, 1.82) is 0 Å². The van der Waals surface area contributed by atoms with Crippen molar-refractivity contribution in [2.75, 3.05) is 39.6 Å². The van der Waals surface area contributed by atoms with Gasteiger partial charge >= 0.3 is 11.9 Å². The van der Waals surface area contributed by atoms with Crippen molar-refractivity contribution in [3.63, 3.8) is 0 Å². The van der Waals surface area contributed by atoms with Crippen LogP contribution < -0.4 is 0 Å². The van der Waals surface area contributed by atoms with Crippen molar-refractivity contribution in [3.05, 3.63) is 0 Å². The minimum Gasteiger partial charge on any atom is -0.465 e. The average molecular weight is 314 g/mol. The van der Waals surface area contributed by atoms with Gasteiger partial charge in [0, 0.05) is 26.4 Å². The standard InChI is InChI=1S/C16H26O6/c1-12(15(17)21-10-13-2-6-19-7-3-13)16(18)22-11-14-4-8-20-9-5-14/h12-14H,2-11H2,1H3. The highest BCUT2D eigenvalue weighted by molar-refractivity contribution is 5.94. The van der Waals surface area contributed by atoms with Gasteiger partial charge in [-0.1, -0.05) is 0 Å². The number of hydrogen-bond acceptors (Lipinski definition) is 6. The van der Waals surface area contributed by atoms with Crippen LogP contribution in [0.15, 0.2) is 0 Å². The zero-order valence-electron chi connectivity index (χ0n) is 13.3. The van der Waals surface area contributed by atoms with Crippen LogP contribution in [0.2, 0.25) is 0 Å². The van der Waals surface area contributed by atoms with E-state index in [1.54, 1.807) is 6.92 Å². The van der Waals surface area contributed by atoms with Crippen LogP contribution in [0.3, 0.4) is 0 Å². The minimum absolute atomic E-state index is 0.336. The molecule has 126 valence electrons. The molecule has 2 fully saturated rings. The largest absolute Gasteiger partial charge is 0.465 e. The Kier molecular flexibility index (Phi) is 7.12. The first-order valence-corrected chi connectivity index (χ1v) is 8.15. The van der Waals surface area contributed by atoms with Gasteiger partial charge < -0.3 is 18.9 Å². The molecule has 0 atom stereocenters. The van der Waals surface area contributed by atoms with Gasteiger partial charge in [0.05, 0.1) is 13.2 Å². The molecule has 0 spiro atoms. The molecule has 0 aromatic rings. The Morgan fingerprint density at radius 3 is 1.59 bits per heavy atom. The van der Waals surface area contributed by atoms with Gasteiger partial charge in [0.25, 0.3) is 0 Å². The number of carbonyl (C=O) groups excluding carboxylic acids is 2. The highest BCUT2D eigenvalue weighted by atomic mass is 16.6. The van der Waals surface area contributed by atoms with Crippen LogP contribution in [0, 0.1) is 17.8 Å². The van der Waals surface area contributed by atoms with Crippen LogP contribution in [0.4, 0.5) is 0 Å². The summed E-state index contributed by atoms with van der Waals surface area (Å²) in [5.74, 6) is -1.18. The first-order chi connectivity index (χ1) is 10.7. The van der Waals surface area contributed by atoms with Crippen LogP contribution >= 0.6 is 0 Å². The smallest absolute Gasteiger partial charge is 0.320 e. The molecule has 0 N–H and O–H groups in total. The Morgan fingerprint density at radius 1 is 0.864 bits per heavy atom. The van der Waals surface area contributed by atoms with Gasteiger partial charge in [0.1, 0.15) is 0 Å². The van der Waals surface area contributed by atoms with Crippen LogP contribution in [-0.4, -0.2) is 51.6 Å². The van der Waals surface area contributed by atoms with Crippen molar-refractivity contribution in [1.82, 2.24) is 0 Å². The molecule has 2 heterocycles. The van der Waals surface area contributed by atoms with Gasteiger partial charge in [-0.15, -0.1) is 0 Å². The molecular formula is C16H26O6. The third kappa shape index (κ3) is 5.57. The number of rotatable bonds is 6. The van der Waals surface area contributed by atoms with Crippen molar-refractivity contribution >= 4 is 11.9 Å². The second kappa shape index (κ2) is 9.10. The summed E-state index contributed by atoms with van der Waals surface area (Å²) in [6.07, 6.45) is 3.59. The molecule has 22 heavy (non-hydrogen) atoms. The average Bonchev–Trinajstić information content (AvgIpc) is 2.58. The lowest BCUT2D eigenvalue weighted by molar-refractivity contribution is -0.163. The van der Waals surface area contributed by atoms with E-state index < -0.39 is 17.9 Å². The molecule has 0 saturated carbocycles. The Hall–Kier alpha value is -1.14. The van der Waals surface area contributed by atoms with Gasteiger partial charge in [-0.2, -0.15) is 0 Å². The van der Waals surface area contributed by atoms with Crippen molar-refractivity contribution < 1.29 is 28.5 Å². The third-order valence-corrected chi connectivity index (χ3v) is 4.31. The van der Waals surface area contributed by atoms with E-state index in [4.69, 9.17) is 18.9 Å². The molecule has 0 bridgehead atoms. The summed E-state index contributed by atoms with van der Waals surface area (Å²) >= 11 is 0. The quantitative estimate of drug-likeness (QED) is 0.547.